The molecule has 0 radical (unpaired) electrons. The van der Waals surface area contributed by atoms with Crippen LogP contribution in [-0.4, -0.2) is 25.5 Å². The molecular formula is C11H13Cl2NO4S. The van der Waals surface area contributed by atoms with Gasteiger partial charge in [-0.15, -0.1) is 0 Å². The van der Waals surface area contributed by atoms with Crippen molar-refractivity contribution in [1.29, 1.82) is 0 Å². The first-order valence-corrected chi connectivity index (χ1v) is 7.59. The molecule has 0 aromatic heterocycles. The molecule has 1 atom stereocenters. The Hall–Kier alpha value is -0.820. The molecule has 1 rings (SSSR count). The van der Waals surface area contributed by atoms with Crippen molar-refractivity contribution in [3.63, 3.8) is 0 Å². The van der Waals surface area contributed by atoms with E-state index in [-0.39, 0.29) is 9.92 Å². The lowest BCUT2D eigenvalue weighted by atomic mass is 10.1. The van der Waals surface area contributed by atoms with Crippen LogP contribution in [0.4, 0.5) is 0 Å². The first-order chi connectivity index (χ1) is 8.65. The molecule has 0 aliphatic rings. The molecule has 0 heterocycles. The van der Waals surface area contributed by atoms with Gasteiger partial charge in [0.15, 0.2) is 0 Å². The normalized spacial score (nSPS) is 13.5. The minimum absolute atomic E-state index is 0.0621. The SMILES string of the molecule is CC(C)[C@@H](NS(=O)(=O)c1ccc(Cl)cc1Cl)C(=O)O. The van der Waals surface area contributed by atoms with Gasteiger partial charge in [0, 0.05) is 5.02 Å². The fourth-order valence-electron chi connectivity index (χ4n) is 1.40. The van der Waals surface area contributed by atoms with Crippen LogP contribution in [0.2, 0.25) is 10.0 Å². The van der Waals surface area contributed by atoms with E-state index in [9.17, 15) is 13.2 Å². The molecule has 8 heteroatoms. The third-order valence-corrected chi connectivity index (χ3v) is 4.56. The van der Waals surface area contributed by atoms with Crippen molar-refractivity contribution in [2.75, 3.05) is 0 Å². The summed E-state index contributed by atoms with van der Waals surface area (Å²) in [4.78, 5) is 10.8. The fraction of sp³-hybridized carbons (Fsp3) is 0.364. The molecule has 5 nitrogen and oxygen atoms in total. The summed E-state index contributed by atoms with van der Waals surface area (Å²) in [7, 11) is -4.02. The van der Waals surface area contributed by atoms with Crippen LogP contribution in [0.5, 0.6) is 0 Å². The Bertz CT molecular complexity index is 586. The first-order valence-electron chi connectivity index (χ1n) is 5.35. The number of carbonyl (C=O) groups is 1. The topological polar surface area (TPSA) is 83.5 Å². The van der Waals surface area contributed by atoms with Gasteiger partial charge in [0.25, 0.3) is 0 Å². The molecule has 0 saturated carbocycles. The van der Waals surface area contributed by atoms with Crippen LogP contribution >= 0.6 is 23.2 Å². The summed E-state index contributed by atoms with van der Waals surface area (Å²) in [5, 5.41) is 9.22. The third kappa shape index (κ3) is 4.07. The lowest BCUT2D eigenvalue weighted by Gasteiger charge is -2.18. The van der Waals surface area contributed by atoms with E-state index in [1.165, 1.54) is 18.2 Å². The second-order valence-corrected chi connectivity index (χ2v) is 6.78. The molecule has 2 N–H and O–H groups in total. The summed E-state index contributed by atoms with van der Waals surface area (Å²) in [6.45, 7) is 3.20. The number of carboxylic acid groups (broad SMARTS) is 1. The molecule has 1 aromatic carbocycles. The van der Waals surface area contributed by atoms with Gasteiger partial charge in [-0.25, -0.2) is 8.42 Å². The summed E-state index contributed by atoms with van der Waals surface area (Å²) in [5.74, 6) is -1.65. The van der Waals surface area contributed by atoms with Crippen LogP contribution < -0.4 is 4.72 Å². The second-order valence-electron chi connectivity index (χ2n) is 4.26. The zero-order valence-electron chi connectivity index (χ0n) is 10.2. The Morgan fingerprint density at radius 2 is 1.89 bits per heavy atom. The predicted molar refractivity (Wildman–Crippen MR) is 73.0 cm³/mol. The Labute approximate surface area is 121 Å². The maximum absolute atomic E-state index is 12.1. The molecule has 0 spiro atoms. The van der Waals surface area contributed by atoms with Gasteiger partial charge >= 0.3 is 5.97 Å². The number of halogens is 2. The molecule has 19 heavy (non-hydrogen) atoms. The maximum Gasteiger partial charge on any atom is 0.322 e. The van der Waals surface area contributed by atoms with Gasteiger partial charge in [0.05, 0.1) is 5.02 Å². The summed E-state index contributed by atoms with van der Waals surface area (Å²) in [6, 6.07) is 2.65. The summed E-state index contributed by atoms with van der Waals surface area (Å²) in [6.07, 6.45) is 0. The van der Waals surface area contributed by atoms with E-state index in [4.69, 9.17) is 28.3 Å². The maximum atomic E-state index is 12.1. The van der Waals surface area contributed by atoms with Crippen LogP contribution in [0.3, 0.4) is 0 Å². The number of nitrogens with one attached hydrogen (secondary N) is 1. The smallest absolute Gasteiger partial charge is 0.322 e. The number of rotatable bonds is 5. The lowest BCUT2D eigenvalue weighted by Crippen LogP contribution is -2.44. The van der Waals surface area contributed by atoms with Crippen LogP contribution in [0.25, 0.3) is 0 Å². The molecule has 0 bridgehead atoms. The number of hydrogen-bond acceptors (Lipinski definition) is 3. The quantitative estimate of drug-likeness (QED) is 0.870. The largest absolute Gasteiger partial charge is 0.480 e. The fourth-order valence-corrected chi connectivity index (χ4v) is 3.51. The van der Waals surface area contributed by atoms with E-state index in [1.54, 1.807) is 13.8 Å². The van der Waals surface area contributed by atoms with Gasteiger partial charge in [0.2, 0.25) is 10.0 Å². The van der Waals surface area contributed by atoms with Crippen molar-refractivity contribution in [1.82, 2.24) is 4.72 Å². The van der Waals surface area contributed by atoms with Gasteiger partial charge in [-0.05, 0) is 24.1 Å². The molecule has 0 fully saturated rings. The van der Waals surface area contributed by atoms with Crippen molar-refractivity contribution in [2.24, 2.45) is 5.92 Å². The molecular weight excluding hydrogens is 313 g/mol. The Morgan fingerprint density at radius 3 is 2.32 bits per heavy atom. The Kier molecular flexibility index (Phi) is 5.20. The number of aliphatic carboxylic acids is 1. The van der Waals surface area contributed by atoms with Crippen molar-refractivity contribution in [2.45, 2.75) is 24.8 Å². The number of sulfonamides is 1. The van der Waals surface area contributed by atoms with E-state index >= 15 is 0 Å². The van der Waals surface area contributed by atoms with Gasteiger partial charge < -0.3 is 5.11 Å². The monoisotopic (exact) mass is 325 g/mol. The molecule has 0 unspecified atom stereocenters. The Balaban J connectivity index is 3.14. The number of benzene rings is 1. The minimum atomic E-state index is -4.02. The van der Waals surface area contributed by atoms with Gasteiger partial charge in [-0.1, -0.05) is 37.0 Å². The van der Waals surface area contributed by atoms with Crippen LogP contribution in [-0.2, 0) is 14.8 Å². The lowest BCUT2D eigenvalue weighted by molar-refractivity contribution is -0.140. The molecule has 1 aromatic rings. The van der Waals surface area contributed by atoms with Crippen LogP contribution in [0, 0.1) is 5.92 Å². The minimum Gasteiger partial charge on any atom is -0.480 e. The van der Waals surface area contributed by atoms with E-state index < -0.39 is 28.0 Å². The highest BCUT2D eigenvalue weighted by molar-refractivity contribution is 7.89. The second kappa shape index (κ2) is 6.09. The average molecular weight is 326 g/mol. The van der Waals surface area contributed by atoms with Crippen molar-refractivity contribution in [3.05, 3.63) is 28.2 Å². The molecule has 106 valence electrons. The highest BCUT2D eigenvalue weighted by atomic mass is 35.5. The zero-order valence-corrected chi connectivity index (χ0v) is 12.6. The predicted octanol–water partition coefficient (Wildman–Crippen LogP) is 2.38. The average Bonchev–Trinajstić information content (AvgIpc) is 2.24. The van der Waals surface area contributed by atoms with E-state index in [0.29, 0.717) is 5.02 Å². The summed E-state index contributed by atoms with van der Waals surface area (Å²) >= 11 is 11.5. The van der Waals surface area contributed by atoms with Gasteiger partial charge in [-0.2, -0.15) is 4.72 Å². The van der Waals surface area contributed by atoms with Crippen molar-refractivity contribution >= 4 is 39.2 Å². The van der Waals surface area contributed by atoms with Crippen molar-refractivity contribution < 1.29 is 18.3 Å². The zero-order chi connectivity index (χ0) is 14.8. The Morgan fingerprint density at radius 1 is 1.32 bits per heavy atom. The van der Waals surface area contributed by atoms with E-state index in [2.05, 4.69) is 4.72 Å². The van der Waals surface area contributed by atoms with Gasteiger partial charge in [-0.3, -0.25) is 4.79 Å². The first kappa shape index (κ1) is 16.2. The highest BCUT2D eigenvalue weighted by Gasteiger charge is 2.29. The highest BCUT2D eigenvalue weighted by Crippen LogP contribution is 2.25. The summed E-state index contributed by atoms with van der Waals surface area (Å²) < 4.78 is 26.3. The third-order valence-electron chi connectivity index (χ3n) is 2.40. The number of hydrogen-bond donors (Lipinski definition) is 2. The standard InChI is InChI=1S/C11H13Cl2NO4S/c1-6(2)10(11(15)16)14-19(17,18)9-4-3-7(12)5-8(9)13/h3-6,10,14H,1-2H3,(H,15,16)/t10-/m1/s1. The molecule has 0 aliphatic carbocycles. The van der Waals surface area contributed by atoms with E-state index in [1.807, 2.05) is 0 Å². The van der Waals surface area contributed by atoms with E-state index in [0.717, 1.165) is 0 Å². The number of carboxylic acids is 1. The molecule has 0 saturated heterocycles. The summed E-state index contributed by atoms with van der Waals surface area (Å²) in [5.41, 5.74) is 0. The van der Waals surface area contributed by atoms with Crippen LogP contribution in [0.15, 0.2) is 23.1 Å². The van der Waals surface area contributed by atoms with Crippen molar-refractivity contribution in [3.8, 4) is 0 Å². The van der Waals surface area contributed by atoms with Crippen LogP contribution in [0.1, 0.15) is 13.8 Å². The molecule has 0 amide bonds. The van der Waals surface area contributed by atoms with Gasteiger partial charge in [0.1, 0.15) is 10.9 Å². The molecule has 0 aliphatic heterocycles.